The number of nitriles is 1. The highest BCUT2D eigenvalue weighted by molar-refractivity contribution is 8.00. The van der Waals surface area contributed by atoms with Crippen molar-refractivity contribution in [2.24, 2.45) is 0 Å². The van der Waals surface area contributed by atoms with Gasteiger partial charge in [0.1, 0.15) is 6.29 Å². The minimum Gasteiger partial charge on any atom is -0.302 e. The largest absolute Gasteiger partial charge is 0.302 e. The summed E-state index contributed by atoms with van der Waals surface area (Å²) in [5, 5.41) is 7.91. The van der Waals surface area contributed by atoms with Gasteiger partial charge in [-0.05, 0) is 0 Å². The molecule has 7 heavy (non-hydrogen) atoms. The van der Waals surface area contributed by atoms with Gasteiger partial charge in [-0.25, -0.2) is 0 Å². The predicted molar refractivity (Wildman–Crippen MR) is 29.0 cm³/mol. The number of thioether (sulfide) groups is 1. The molecule has 0 amide bonds. The standard InChI is InChI=1S/C4H5NOS/c5-1-3-7-4-2-6/h2H,3-4H2. The van der Waals surface area contributed by atoms with E-state index in [1.165, 1.54) is 11.8 Å². The van der Waals surface area contributed by atoms with Crippen molar-refractivity contribution < 1.29 is 4.79 Å². The van der Waals surface area contributed by atoms with E-state index in [-0.39, 0.29) is 0 Å². The SMILES string of the molecule is N#CCSCC=O. The monoisotopic (exact) mass is 115 g/mol. The van der Waals surface area contributed by atoms with Crippen molar-refractivity contribution in [3.8, 4) is 6.07 Å². The van der Waals surface area contributed by atoms with Gasteiger partial charge in [-0.3, -0.25) is 0 Å². The molecule has 0 heterocycles. The Morgan fingerprint density at radius 3 is 3.00 bits per heavy atom. The summed E-state index contributed by atoms with van der Waals surface area (Å²) in [5.74, 6) is 0.853. The van der Waals surface area contributed by atoms with E-state index in [0.717, 1.165) is 6.29 Å². The first-order valence-electron chi connectivity index (χ1n) is 1.80. The molecular formula is C4H5NOS. The van der Waals surface area contributed by atoms with Crippen LogP contribution in [0.25, 0.3) is 0 Å². The molecule has 2 nitrogen and oxygen atoms in total. The highest BCUT2D eigenvalue weighted by atomic mass is 32.2. The third-order valence-electron chi connectivity index (χ3n) is 0.353. The van der Waals surface area contributed by atoms with Gasteiger partial charge < -0.3 is 4.79 Å². The van der Waals surface area contributed by atoms with Crippen molar-refractivity contribution in [2.75, 3.05) is 11.5 Å². The minimum atomic E-state index is 0.415. The lowest BCUT2D eigenvalue weighted by atomic mass is 10.9. The maximum Gasteiger partial charge on any atom is 0.129 e. The average Bonchev–Trinajstić information content (AvgIpc) is 1.69. The zero-order chi connectivity index (χ0) is 5.54. The molecule has 0 bridgehead atoms. The number of rotatable bonds is 3. The van der Waals surface area contributed by atoms with Crippen LogP contribution in [0.5, 0.6) is 0 Å². The molecule has 0 rings (SSSR count). The summed E-state index contributed by atoms with van der Waals surface area (Å²) in [6.07, 6.45) is 0.794. The molecule has 0 radical (unpaired) electrons. The van der Waals surface area contributed by atoms with Crippen LogP contribution in [-0.4, -0.2) is 17.8 Å². The van der Waals surface area contributed by atoms with Gasteiger partial charge in [0.25, 0.3) is 0 Å². The van der Waals surface area contributed by atoms with Crippen molar-refractivity contribution in [3.05, 3.63) is 0 Å². The summed E-state index contributed by atoms with van der Waals surface area (Å²) in [6.45, 7) is 0. The van der Waals surface area contributed by atoms with E-state index >= 15 is 0 Å². The first kappa shape index (κ1) is 6.51. The Balaban J connectivity index is 2.72. The number of nitrogens with zero attached hydrogens (tertiary/aromatic N) is 1. The number of carbonyl (C=O) groups excluding carboxylic acids is 1. The summed E-state index contributed by atoms with van der Waals surface area (Å²) < 4.78 is 0. The molecule has 0 aromatic heterocycles. The van der Waals surface area contributed by atoms with E-state index < -0.39 is 0 Å². The smallest absolute Gasteiger partial charge is 0.129 e. The van der Waals surface area contributed by atoms with Crippen LogP contribution in [0.15, 0.2) is 0 Å². The fraction of sp³-hybridized carbons (Fsp3) is 0.500. The maximum absolute atomic E-state index is 9.55. The van der Waals surface area contributed by atoms with Crippen LogP contribution < -0.4 is 0 Å². The first-order chi connectivity index (χ1) is 3.41. The van der Waals surface area contributed by atoms with E-state index in [2.05, 4.69) is 0 Å². The van der Waals surface area contributed by atoms with Gasteiger partial charge in [0.2, 0.25) is 0 Å². The van der Waals surface area contributed by atoms with E-state index in [4.69, 9.17) is 5.26 Å². The molecule has 3 heteroatoms. The number of carbonyl (C=O) groups is 1. The summed E-state index contributed by atoms with van der Waals surface area (Å²) in [5.41, 5.74) is 0. The second-order valence-electron chi connectivity index (χ2n) is 0.840. The van der Waals surface area contributed by atoms with Crippen molar-refractivity contribution in [2.45, 2.75) is 0 Å². The highest BCUT2D eigenvalue weighted by Crippen LogP contribution is 1.92. The van der Waals surface area contributed by atoms with E-state index in [1.807, 2.05) is 6.07 Å². The van der Waals surface area contributed by atoms with E-state index in [0.29, 0.717) is 11.5 Å². The normalized spacial score (nSPS) is 7.29. The maximum atomic E-state index is 9.55. The molecule has 0 aromatic rings. The molecule has 0 saturated heterocycles. The Morgan fingerprint density at radius 1 is 1.86 bits per heavy atom. The lowest BCUT2D eigenvalue weighted by Gasteiger charge is -1.78. The van der Waals surface area contributed by atoms with Crippen LogP contribution in [0.4, 0.5) is 0 Å². The summed E-state index contributed by atoms with van der Waals surface area (Å²) in [7, 11) is 0. The van der Waals surface area contributed by atoms with Gasteiger partial charge in [-0.15, -0.1) is 11.8 Å². The van der Waals surface area contributed by atoms with Crippen LogP contribution in [0.3, 0.4) is 0 Å². The Labute approximate surface area is 46.5 Å². The Morgan fingerprint density at radius 2 is 2.57 bits per heavy atom. The fourth-order valence-corrected chi connectivity index (χ4v) is 0.458. The highest BCUT2D eigenvalue weighted by Gasteiger charge is 1.79. The molecule has 0 spiro atoms. The Hall–Kier alpha value is -0.490. The van der Waals surface area contributed by atoms with Gasteiger partial charge in [0.05, 0.1) is 17.6 Å². The number of aldehydes is 1. The molecule has 0 saturated carbocycles. The first-order valence-corrected chi connectivity index (χ1v) is 2.95. The Kier molecular flexibility index (Phi) is 5.12. The summed E-state index contributed by atoms with van der Waals surface area (Å²) in [4.78, 5) is 9.55. The average molecular weight is 115 g/mol. The van der Waals surface area contributed by atoms with Crippen molar-refractivity contribution in [1.82, 2.24) is 0 Å². The van der Waals surface area contributed by atoms with Gasteiger partial charge in [-0.2, -0.15) is 5.26 Å². The second kappa shape index (κ2) is 5.51. The van der Waals surface area contributed by atoms with Crippen molar-refractivity contribution in [1.29, 1.82) is 5.26 Å². The van der Waals surface area contributed by atoms with Gasteiger partial charge in [0.15, 0.2) is 0 Å². The van der Waals surface area contributed by atoms with Crippen LogP contribution >= 0.6 is 11.8 Å². The van der Waals surface area contributed by atoms with Crippen LogP contribution in [0, 0.1) is 11.3 Å². The third kappa shape index (κ3) is 5.51. The molecule has 38 valence electrons. The summed E-state index contributed by atoms with van der Waals surface area (Å²) in [6, 6.07) is 1.91. The lowest BCUT2D eigenvalue weighted by Crippen LogP contribution is -1.78. The van der Waals surface area contributed by atoms with Gasteiger partial charge in [0, 0.05) is 0 Å². The lowest BCUT2D eigenvalue weighted by molar-refractivity contribution is -0.105. The zero-order valence-corrected chi connectivity index (χ0v) is 4.57. The Bertz CT molecular complexity index is 86.2. The number of hydrogen-bond donors (Lipinski definition) is 0. The molecule has 0 fully saturated rings. The van der Waals surface area contributed by atoms with Crippen LogP contribution in [0.1, 0.15) is 0 Å². The second-order valence-corrected chi connectivity index (χ2v) is 1.87. The third-order valence-corrected chi connectivity index (χ3v) is 1.06. The van der Waals surface area contributed by atoms with E-state index in [1.54, 1.807) is 0 Å². The fourth-order valence-electron chi connectivity index (χ4n) is 0.153. The van der Waals surface area contributed by atoms with Crippen molar-refractivity contribution >= 4 is 18.0 Å². The minimum absolute atomic E-state index is 0.415. The molecule has 0 aliphatic heterocycles. The molecular weight excluding hydrogens is 110 g/mol. The molecule has 0 unspecified atom stereocenters. The molecule has 0 N–H and O–H groups in total. The zero-order valence-electron chi connectivity index (χ0n) is 3.76. The predicted octanol–water partition coefficient (Wildman–Crippen LogP) is 0.442. The van der Waals surface area contributed by atoms with Gasteiger partial charge in [-0.1, -0.05) is 0 Å². The molecule has 0 aromatic carbocycles. The van der Waals surface area contributed by atoms with Crippen LogP contribution in [-0.2, 0) is 4.79 Å². The molecule has 0 aliphatic rings. The van der Waals surface area contributed by atoms with Crippen molar-refractivity contribution in [3.63, 3.8) is 0 Å². The molecule has 0 aliphatic carbocycles. The topological polar surface area (TPSA) is 40.9 Å². The van der Waals surface area contributed by atoms with E-state index in [9.17, 15) is 4.79 Å². The molecule has 0 atom stereocenters. The number of hydrogen-bond acceptors (Lipinski definition) is 3. The quantitative estimate of drug-likeness (QED) is 0.396. The summed E-state index contributed by atoms with van der Waals surface area (Å²) >= 11 is 1.32. The van der Waals surface area contributed by atoms with Gasteiger partial charge >= 0.3 is 0 Å². The van der Waals surface area contributed by atoms with Crippen LogP contribution in [0.2, 0.25) is 0 Å².